The van der Waals surface area contributed by atoms with Gasteiger partial charge in [-0.25, -0.2) is 0 Å². The molecule has 124 valence electrons. The van der Waals surface area contributed by atoms with Crippen molar-refractivity contribution in [1.29, 1.82) is 0 Å². The average Bonchev–Trinajstić information content (AvgIpc) is 2.55. The van der Waals surface area contributed by atoms with Gasteiger partial charge in [-0.1, -0.05) is 24.3 Å². The summed E-state index contributed by atoms with van der Waals surface area (Å²) in [5.41, 5.74) is 2.25. The molecule has 1 heterocycles. The Morgan fingerprint density at radius 2 is 1.87 bits per heavy atom. The molecule has 7 heteroatoms. The molecule has 23 heavy (non-hydrogen) atoms. The van der Waals surface area contributed by atoms with Crippen LogP contribution < -0.4 is 10.6 Å². The Hall–Kier alpha value is -2.02. The van der Waals surface area contributed by atoms with E-state index >= 15 is 0 Å². The molecule has 0 saturated heterocycles. The molecule has 0 radical (unpaired) electrons. The van der Waals surface area contributed by atoms with Gasteiger partial charge < -0.3 is 15.5 Å². The summed E-state index contributed by atoms with van der Waals surface area (Å²) in [7, 11) is 1.57. The van der Waals surface area contributed by atoms with Gasteiger partial charge in [0.2, 0.25) is 17.7 Å². The number of benzene rings is 1. The summed E-state index contributed by atoms with van der Waals surface area (Å²) in [6, 6.07) is 7.93. The minimum atomic E-state index is -0.122. The number of carbonyl (C=O) groups is 3. The van der Waals surface area contributed by atoms with Crippen LogP contribution in [0.4, 0.5) is 0 Å². The molecule has 0 fully saturated rings. The van der Waals surface area contributed by atoms with E-state index in [1.54, 1.807) is 11.9 Å². The molecule has 0 aromatic heterocycles. The summed E-state index contributed by atoms with van der Waals surface area (Å²) in [6.07, 6.45) is 0.423. The van der Waals surface area contributed by atoms with Crippen LogP contribution in [-0.4, -0.2) is 54.3 Å². The van der Waals surface area contributed by atoms with Gasteiger partial charge in [-0.15, -0.1) is 11.8 Å². The van der Waals surface area contributed by atoms with E-state index in [4.69, 9.17) is 0 Å². The van der Waals surface area contributed by atoms with Gasteiger partial charge in [0.15, 0.2) is 0 Å². The fourth-order valence-electron chi connectivity index (χ4n) is 2.35. The Morgan fingerprint density at radius 1 is 1.17 bits per heavy atom. The van der Waals surface area contributed by atoms with Gasteiger partial charge in [0.1, 0.15) is 0 Å². The number of nitrogens with zero attached hydrogens (tertiary/aromatic N) is 1. The normalized spacial score (nSPS) is 13.4. The summed E-state index contributed by atoms with van der Waals surface area (Å²) >= 11 is 1.27. The van der Waals surface area contributed by atoms with Crippen molar-refractivity contribution in [2.24, 2.45) is 0 Å². The predicted octanol–water partition coefficient (Wildman–Crippen LogP) is 0.167. The maximum absolute atomic E-state index is 12.1. The van der Waals surface area contributed by atoms with Crippen molar-refractivity contribution in [3.8, 4) is 0 Å². The van der Waals surface area contributed by atoms with Crippen LogP contribution in [0.1, 0.15) is 11.1 Å². The summed E-state index contributed by atoms with van der Waals surface area (Å²) in [5, 5.41) is 5.28. The summed E-state index contributed by atoms with van der Waals surface area (Å²) in [5.74, 6) is 0.381. The van der Waals surface area contributed by atoms with E-state index in [-0.39, 0.29) is 29.2 Å². The van der Waals surface area contributed by atoms with Crippen LogP contribution in [0.3, 0.4) is 0 Å². The Balaban J connectivity index is 1.69. The molecule has 0 atom stereocenters. The van der Waals surface area contributed by atoms with Gasteiger partial charge in [-0.3, -0.25) is 14.4 Å². The summed E-state index contributed by atoms with van der Waals surface area (Å²) < 4.78 is 0. The third-order valence-electron chi connectivity index (χ3n) is 3.62. The molecule has 1 aliphatic rings. The quantitative estimate of drug-likeness (QED) is 0.744. The first-order chi connectivity index (χ1) is 11.1. The molecule has 1 aromatic rings. The number of hydrogen-bond donors (Lipinski definition) is 2. The summed E-state index contributed by atoms with van der Waals surface area (Å²) in [6.45, 7) is 1.52. The zero-order valence-electron chi connectivity index (χ0n) is 13.1. The third-order valence-corrected chi connectivity index (χ3v) is 4.56. The van der Waals surface area contributed by atoms with Crippen LogP contribution >= 0.6 is 11.8 Å². The molecular weight excluding hydrogens is 314 g/mol. The van der Waals surface area contributed by atoms with E-state index in [0.29, 0.717) is 26.1 Å². The molecule has 6 nitrogen and oxygen atoms in total. The molecule has 1 aromatic carbocycles. The fraction of sp³-hybridized carbons (Fsp3) is 0.438. The second-order valence-electron chi connectivity index (χ2n) is 5.28. The number of hydrogen-bond acceptors (Lipinski definition) is 4. The minimum absolute atomic E-state index is 0.0898. The number of carbonyl (C=O) groups excluding carboxylic acids is 3. The van der Waals surface area contributed by atoms with E-state index in [1.165, 1.54) is 17.3 Å². The highest BCUT2D eigenvalue weighted by Gasteiger charge is 2.22. The molecule has 0 bridgehead atoms. The summed E-state index contributed by atoms with van der Waals surface area (Å²) in [4.78, 5) is 36.6. The molecule has 0 saturated carbocycles. The maximum Gasteiger partial charge on any atom is 0.230 e. The first kappa shape index (κ1) is 17.3. The van der Waals surface area contributed by atoms with E-state index in [0.717, 1.165) is 5.56 Å². The molecule has 0 unspecified atom stereocenters. The zero-order chi connectivity index (χ0) is 16.7. The van der Waals surface area contributed by atoms with E-state index < -0.39 is 0 Å². The second-order valence-corrected chi connectivity index (χ2v) is 6.26. The van der Waals surface area contributed by atoms with Gasteiger partial charge in [0.05, 0.1) is 17.9 Å². The molecule has 2 rings (SSSR count). The Kier molecular flexibility index (Phi) is 6.46. The average molecular weight is 335 g/mol. The highest BCUT2D eigenvalue weighted by molar-refractivity contribution is 8.00. The highest BCUT2D eigenvalue weighted by Crippen LogP contribution is 2.18. The standard InChI is InChI=1S/C16H21N3O3S/c1-17-14(20)10-23-11-15(21)18-6-7-19-9-13-5-3-2-4-12(13)8-16(19)22/h2-5H,6-11H2,1H3,(H,17,20)(H,18,21). The van der Waals surface area contributed by atoms with E-state index in [1.807, 2.05) is 24.3 Å². The number of nitrogens with one attached hydrogen (secondary N) is 2. The van der Waals surface area contributed by atoms with Crippen LogP contribution in [0, 0.1) is 0 Å². The number of amides is 3. The molecule has 3 amide bonds. The van der Waals surface area contributed by atoms with Crippen LogP contribution in [0.15, 0.2) is 24.3 Å². The lowest BCUT2D eigenvalue weighted by Crippen LogP contribution is -2.41. The number of fused-ring (bicyclic) bond motifs is 1. The van der Waals surface area contributed by atoms with Crippen LogP contribution in [0.25, 0.3) is 0 Å². The van der Waals surface area contributed by atoms with Crippen molar-refractivity contribution in [3.63, 3.8) is 0 Å². The first-order valence-electron chi connectivity index (χ1n) is 7.49. The second kappa shape index (κ2) is 8.57. The fourth-order valence-corrected chi connectivity index (χ4v) is 3.07. The molecular formula is C16H21N3O3S. The largest absolute Gasteiger partial charge is 0.358 e. The van der Waals surface area contributed by atoms with Crippen molar-refractivity contribution < 1.29 is 14.4 Å². The van der Waals surface area contributed by atoms with Gasteiger partial charge in [-0.05, 0) is 11.1 Å². The van der Waals surface area contributed by atoms with Crippen molar-refractivity contribution >= 4 is 29.5 Å². The van der Waals surface area contributed by atoms with Crippen molar-refractivity contribution in [3.05, 3.63) is 35.4 Å². The van der Waals surface area contributed by atoms with Crippen molar-refractivity contribution in [1.82, 2.24) is 15.5 Å². The molecule has 0 spiro atoms. The molecule has 0 aliphatic carbocycles. The highest BCUT2D eigenvalue weighted by atomic mass is 32.2. The van der Waals surface area contributed by atoms with E-state index in [2.05, 4.69) is 10.6 Å². The Bertz CT molecular complexity index is 592. The Labute approximate surface area is 140 Å². The Morgan fingerprint density at radius 3 is 2.61 bits per heavy atom. The van der Waals surface area contributed by atoms with Gasteiger partial charge in [0.25, 0.3) is 0 Å². The number of rotatable bonds is 7. The van der Waals surface area contributed by atoms with Gasteiger partial charge >= 0.3 is 0 Å². The van der Waals surface area contributed by atoms with E-state index in [9.17, 15) is 14.4 Å². The molecule has 1 aliphatic heterocycles. The SMILES string of the molecule is CNC(=O)CSCC(=O)NCCN1Cc2ccccc2CC1=O. The van der Waals surface area contributed by atoms with Crippen LogP contribution in [0.5, 0.6) is 0 Å². The van der Waals surface area contributed by atoms with Gasteiger partial charge in [-0.2, -0.15) is 0 Å². The van der Waals surface area contributed by atoms with Gasteiger partial charge in [0, 0.05) is 26.7 Å². The topological polar surface area (TPSA) is 78.5 Å². The molecule has 2 N–H and O–H groups in total. The maximum atomic E-state index is 12.1. The monoisotopic (exact) mass is 335 g/mol. The van der Waals surface area contributed by atoms with Crippen molar-refractivity contribution in [2.75, 3.05) is 31.6 Å². The predicted molar refractivity (Wildman–Crippen MR) is 90.0 cm³/mol. The zero-order valence-corrected chi connectivity index (χ0v) is 13.9. The lowest BCUT2D eigenvalue weighted by molar-refractivity contribution is -0.132. The lowest BCUT2D eigenvalue weighted by atomic mass is 9.99. The smallest absolute Gasteiger partial charge is 0.230 e. The minimum Gasteiger partial charge on any atom is -0.358 e. The number of thioether (sulfide) groups is 1. The van der Waals surface area contributed by atoms with Crippen molar-refractivity contribution in [2.45, 2.75) is 13.0 Å². The lowest BCUT2D eigenvalue weighted by Gasteiger charge is -2.28. The first-order valence-corrected chi connectivity index (χ1v) is 8.65. The van der Waals surface area contributed by atoms with Crippen LogP contribution in [-0.2, 0) is 27.3 Å². The van der Waals surface area contributed by atoms with Crippen LogP contribution in [0.2, 0.25) is 0 Å². The third kappa shape index (κ3) is 5.28.